The first-order valence-electron chi connectivity index (χ1n) is 10.4. The molecular formula is C19H36IN7O. The number of guanidine groups is 1. The van der Waals surface area contributed by atoms with E-state index in [0.717, 1.165) is 56.6 Å². The van der Waals surface area contributed by atoms with Gasteiger partial charge in [-0.25, -0.2) is 9.67 Å². The van der Waals surface area contributed by atoms with Gasteiger partial charge < -0.3 is 15.4 Å². The highest BCUT2D eigenvalue weighted by Crippen LogP contribution is 2.17. The fraction of sp³-hybridized carbons (Fsp3) is 0.842. The standard InChI is InChI=1S/C19H35N7O.HI/c1-4-20-19(21-12-16-8-6-7-11-25(16)5-2)22-15-9-10-18-23-17(14-27-3)24-26(18)13-15;/h15-16H,4-14H2,1-3H3,(H2,20,21,22);1H. The molecule has 0 radical (unpaired) electrons. The van der Waals surface area contributed by atoms with Gasteiger partial charge in [0.2, 0.25) is 0 Å². The van der Waals surface area contributed by atoms with Crippen molar-refractivity contribution >= 4 is 29.9 Å². The molecule has 2 N–H and O–H groups in total. The number of likely N-dealkylation sites (N-methyl/N-ethyl adjacent to an activating group) is 1. The summed E-state index contributed by atoms with van der Waals surface area (Å²) in [7, 11) is 1.68. The maximum absolute atomic E-state index is 5.15. The number of aliphatic imine (C=N–C) groups is 1. The van der Waals surface area contributed by atoms with E-state index in [-0.39, 0.29) is 24.0 Å². The number of hydrogen-bond acceptors (Lipinski definition) is 5. The van der Waals surface area contributed by atoms with E-state index < -0.39 is 0 Å². The van der Waals surface area contributed by atoms with Crippen LogP contribution in [0.2, 0.25) is 0 Å². The van der Waals surface area contributed by atoms with Gasteiger partial charge in [0, 0.05) is 32.2 Å². The molecule has 0 bridgehead atoms. The highest BCUT2D eigenvalue weighted by molar-refractivity contribution is 14.0. The maximum Gasteiger partial charge on any atom is 0.191 e. The highest BCUT2D eigenvalue weighted by Gasteiger charge is 2.23. The van der Waals surface area contributed by atoms with Crippen LogP contribution < -0.4 is 10.6 Å². The minimum absolute atomic E-state index is 0. The van der Waals surface area contributed by atoms with Crippen LogP contribution in [0.5, 0.6) is 0 Å². The number of ether oxygens (including phenoxy) is 1. The summed E-state index contributed by atoms with van der Waals surface area (Å²) < 4.78 is 7.16. The van der Waals surface area contributed by atoms with Crippen LogP contribution in [0.3, 0.4) is 0 Å². The summed E-state index contributed by atoms with van der Waals surface area (Å²) in [5.74, 6) is 2.75. The van der Waals surface area contributed by atoms with Gasteiger partial charge in [-0.05, 0) is 39.3 Å². The second-order valence-corrected chi connectivity index (χ2v) is 7.44. The van der Waals surface area contributed by atoms with Crippen molar-refractivity contribution in [2.45, 2.75) is 71.2 Å². The lowest BCUT2D eigenvalue weighted by Gasteiger charge is -2.34. The summed E-state index contributed by atoms with van der Waals surface area (Å²) in [6.45, 7) is 9.71. The number of methoxy groups -OCH3 is 1. The summed E-state index contributed by atoms with van der Waals surface area (Å²) in [5.41, 5.74) is 0. The number of halogens is 1. The van der Waals surface area contributed by atoms with E-state index in [9.17, 15) is 0 Å². The van der Waals surface area contributed by atoms with E-state index in [2.05, 4.69) is 39.5 Å². The van der Waals surface area contributed by atoms with Crippen LogP contribution in [-0.2, 0) is 24.3 Å². The molecule has 1 aromatic rings. The first kappa shape index (κ1) is 23.3. The molecule has 3 heterocycles. The number of nitrogens with one attached hydrogen (secondary N) is 2. The molecule has 0 saturated carbocycles. The molecule has 2 aliphatic rings. The van der Waals surface area contributed by atoms with Crippen molar-refractivity contribution in [1.29, 1.82) is 0 Å². The normalized spacial score (nSPS) is 23.0. The number of likely N-dealkylation sites (tertiary alicyclic amines) is 1. The number of piperidine rings is 1. The molecule has 0 aromatic carbocycles. The third-order valence-electron chi connectivity index (χ3n) is 5.48. The quantitative estimate of drug-likeness (QED) is 0.334. The third kappa shape index (κ3) is 6.28. The highest BCUT2D eigenvalue weighted by atomic mass is 127. The molecular weight excluding hydrogens is 469 g/mol. The first-order chi connectivity index (χ1) is 13.2. The van der Waals surface area contributed by atoms with Gasteiger partial charge in [0.1, 0.15) is 12.4 Å². The van der Waals surface area contributed by atoms with Crippen molar-refractivity contribution in [2.24, 2.45) is 4.99 Å². The summed E-state index contributed by atoms with van der Waals surface area (Å²) in [6.07, 6.45) is 5.87. The molecule has 160 valence electrons. The summed E-state index contributed by atoms with van der Waals surface area (Å²) in [4.78, 5) is 12.0. The maximum atomic E-state index is 5.15. The Morgan fingerprint density at radius 2 is 2.14 bits per heavy atom. The average molecular weight is 505 g/mol. The molecule has 2 unspecified atom stereocenters. The first-order valence-corrected chi connectivity index (χ1v) is 10.4. The monoisotopic (exact) mass is 505 g/mol. The molecule has 1 fully saturated rings. The Morgan fingerprint density at radius 3 is 2.89 bits per heavy atom. The number of hydrogen-bond donors (Lipinski definition) is 2. The van der Waals surface area contributed by atoms with E-state index in [4.69, 9.17) is 9.73 Å². The van der Waals surface area contributed by atoms with Gasteiger partial charge in [-0.3, -0.25) is 9.89 Å². The van der Waals surface area contributed by atoms with Crippen LogP contribution in [0.4, 0.5) is 0 Å². The fourth-order valence-electron chi connectivity index (χ4n) is 4.06. The fourth-order valence-corrected chi connectivity index (χ4v) is 4.06. The second-order valence-electron chi connectivity index (χ2n) is 7.44. The zero-order valence-electron chi connectivity index (χ0n) is 17.5. The van der Waals surface area contributed by atoms with Gasteiger partial charge >= 0.3 is 0 Å². The zero-order chi connectivity index (χ0) is 19.1. The van der Waals surface area contributed by atoms with Crippen LogP contribution >= 0.6 is 24.0 Å². The van der Waals surface area contributed by atoms with E-state index in [1.54, 1.807) is 7.11 Å². The number of aryl methyl sites for hydroxylation is 1. The van der Waals surface area contributed by atoms with Crippen LogP contribution in [0.15, 0.2) is 4.99 Å². The summed E-state index contributed by atoms with van der Waals surface area (Å²) in [6, 6.07) is 0.894. The van der Waals surface area contributed by atoms with Gasteiger partial charge in [0.25, 0.3) is 0 Å². The van der Waals surface area contributed by atoms with Crippen LogP contribution in [0.1, 0.15) is 51.2 Å². The van der Waals surface area contributed by atoms with Crippen molar-refractivity contribution in [3.8, 4) is 0 Å². The topological polar surface area (TPSA) is 79.6 Å². The van der Waals surface area contributed by atoms with E-state index in [0.29, 0.717) is 18.7 Å². The van der Waals surface area contributed by atoms with Gasteiger partial charge in [-0.2, -0.15) is 5.10 Å². The lowest BCUT2D eigenvalue weighted by Crippen LogP contribution is -2.48. The molecule has 1 aromatic heterocycles. The Kier molecular flexibility index (Phi) is 9.93. The van der Waals surface area contributed by atoms with Crippen LogP contribution in [0.25, 0.3) is 0 Å². The number of nitrogens with zero attached hydrogens (tertiary/aromatic N) is 5. The van der Waals surface area contributed by atoms with Crippen LogP contribution in [-0.4, -0.2) is 71.0 Å². The molecule has 0 amide bonds. The van der Waals surface area contributed by atoms with Gasteiger partial charge in [-0.15, -0.1) is 24.0 Å². The second kappa shape index (κ2) is 11.9. The number of fused-ring (bicyclic) bond motifs is 1. The average Bonchev–Trinajstić information content (AvgIpc) is 3.08. The molecule has 1 saturated heterocycles. The Labute approximate surface area is 185 Å². The summed E-state index contributed by atoms with van der Waals surface area (Å²) >= 11 is 0. The van der Waals surface area contributed by atoms with E-state index in [1.165, 1.54) is 25.8 Å². The Balaban J connectivity index is 0.00000280. The molecule has 2 aliphatic heterocycles. The van der Waals surface area contributed by atoms with Crippen molar-refractivity contribution in [2.75, 3.05) is 33.3 Å². The van der Waals surface area contributed by atoms with Crippen molar-refractivity contribution < 1.29 is 4.74 Å². The minimum Gasteiger partial charge on any atom is -0.377 e. The van der Waals surface area contributed by atoms with Crippen molar-refractivity contribution in [3.05, 3.63) is 11.6 Å². The Morgan fingerprint density at radius 1 is 1.29 bits per heavy atom. The third-order valence-corrected chi connectivity index (χ3v) is 5.48. The van der Waals surface area contributed by atoms with Gasteiger partial charge in [0.05, 0.1) is 13.1 Å². The SMILES string of the molecule is CCNC(=NCC1CCCCN1CC)NC1CCc2nc(COC)nn2C1.I. The molecule has 28 heavy (non-hydrogen) atoms. The smallest absolute Gasteiger partial charge is 0.191 e. The van der Waals surface area contributed by atoms with Crippen molar-refractivity contribution in [1.82, 2.24) is 30.3 Å². The van der Waals surface area contributed by atoms with Gasteiger partial charge in [-0.1, -0.05) is 13.3 Å². The molecule has 0 aliphatic carbocycles. The molecule has 9 heteroatoms. The predicted molar refractivity (Wildman–Crippen MR) is 122 cm³/mol. The van der Waals surface area contributed by atoms with E-state index >= 15 is 0 Å². The predicted octanol–water partition coefficient (Wildman–Crippen LogP) is 1.79. The molecule has 3 rings (SSSR count). The lowest BCUT2D eigenvalue weighted by atomic mass is 10.0. The Bertz CT molecular complexity index is 621. The van der Waals surface area contributed by atoms with Crippen molar-refractivity contribution in [3.63, 3.8) is 0 Å². The minimum atomic E-state index is 0. The summed E-state index contributed by atoms with van der Waals surface area (Å²) in [5, 5.41) is 11.6. The molecule has 8 nitrogen and oxygen atoms in total. The number of aromatic nitrogens is 3. The molecule has 2 atom stereocenters. The largest absolute Gasteiger partial charge is 0.377 e. The van der Waals surface area contributed by atoms with E-state index in [1.807, 2.05) is 4.68 Å². The zero-order valence-corrected chi connectivity index (χ0v) is 19.8. The molecule has 0 spiro atoms. The Hall–Kier alpha value is -0.940. The lowest BCUT2D eigenvalue weighted by molar-refractivity contribution is 0.161. The van der Waals surface area contributed by atoms with Gasteiger partial charge in [0.15, 0.2) is 11.8 Å². The van der Waals surface area contributed by atoms with Crippen LogP contribution in [0, 0.1) is 0 Å². The number of rotatable bonds is 7.